The molecule has 5 heteroatoms. The molecule has 1 heterocycles. The van der Waals surface area contributed by atoms with Crippen molar-refractivity contribution in [3.05, 3.63) is 126 Å². The number of benzene rings is 4. The van der Waals surface area contributed by atoms with Gasteiger partial charge in [-0.25, -0.2) is 0 Å². The lowest BCUT2D eigenvalue weighted by Crippen LogP contribution is -2.15. The Morgan fingerprint density at radius 3 is 1.89 bits per heavy atom. The fourth-order valence-electron chi connectivity index (χ4n) is 4.43. The number of esters is 1. The third-order valence-corrected chi connectivity index (χ3v) is 6.41. The van der Waals surface area contributed by atoms with Crippen LogP contribution >= 0.6 is 0 Å². The zero-order chi connectivity index (χ0) is 25.6. The quantitative estimate of drug-likeness (QED) is 0.153. The molecule has 0 aliphatic carbocycles. The van der Waals surface area contributed by atoms with Crippen LogP contribution in [0.3, 0.4) is 0 Å². The summed E-state index contributed by atoms with van der Waals surface area (Å²) < 4.78 is 10.6. The normalized spacial score (nSPS) is 16.0. The summed E-state index contributed by atoms with van der Waals surface area (Å²) in [6, 6.07) is 35.7. The number of nitrogens with zero attached hydrogens (tertiary/aromatic N) is 1. The molecule has 4 aromatic carbocycles. The Kier molecular flexibility index (Phi) is 7.13. The van der Waals surface area contributed by atoms with Crippen molar-refractivity contribution in [1.82, 2.24) is 0 Å². The van der Waals surface area contributed by atoms with E-state index in [-0.39, 0.29) is 11.5 Å². The first-order valence-electron chi connectivity index (χ1n) is 12.2. The van der Waals surface area contributed by atoms with E-state index in [9.17, 15) is 9.59 Å². The maximum Gasteiger partial charge on any atom is 0.322 e. The molecular weight excluding hydrogens is 462 g/mol. The number of cyclic esters (lactones) is 1. The molecule has 1 fully saturated rings. The van der Waals surface area contributed by atoms with Gasteiger partial charge in [-0.3, -0.25) is 9.59 Å². The predicted octanol–water partition coefficient (Wildman–Crippen LogP) is 6.88. The molecular formula is C32H27NO4. The van der Waals surface area contributed by atoms with Crippen LogP contribution in [0, 0.1) is 5.92 Å². The van der Waals surface area contributed by atoms with Gasteiger partial charge >= 0.3 is 5.97 Å². The standard InChI is InChI=1S/C32H27NO4/c1-36-28-19-14-23(15-20-28)16-21-29-31(34)30(37-32(29)35)22-24-12-17-27(18-13-24)33(25-8-4-2-5-9-25)26-10-6-3-7-11-26/h2-15,17-20,22,29H,16,21H2,1H3/b30-22+. The van der Waals surface area contributed by atoms with E-state index in [4.69, 9.17) is 9.47 Å². The Hall–Kier alpha value is -4.64. The van der Waals surface area contributed by atoms with Crippen molar-refractivity contribution in [3.63, 3.8) is 0 Å². The van der Waals surface area contributed by atoms with E-state index < -0.39 is 11.9 Å². The third-order valence-electron chi connectivity index (χ3n) is 6.41. The van der Waals surface area contributed by atoms with Gasteiger partial charge in [0.2, 0.25) is 5.78 Å². The van der Waals surface area contributed by atoms with E-state index in [2.05, 4.69) is 29.2 Å². The molecule has 1 aliphatic heterocycles. The molecule has 0 radical (unpaired) electrons. The average molecular weight is 490 g/mol. The van der Waals surface area contributed by atoms with Crippen LogP contribution in [0.25, 0.3) is 6.08 Å². The van der Waals surface area contributed by atoms with Crippen molar-refractivity contribution in [2.45, 2.75) is 12.8 Å². The number of hydrogen-bond donors (Lipinski definition) is 0. The number of allylic oxidation sites excluding steroid dienone is 1. The number of para-hydroxylation sites is 2. The van der Waals surface area contributed by atoms with E-state index in [0.29, 0.717) is 12.8 Å². The second kappa shape index (κ2) is 11.0. The molecule has 1 saturated heterocycles. The summed E-state index contributed by atoms with van der Waals surface area (Å²) in [7, 11) is 1.62. The molecule has 1 atom stereocenters. The van der Waals surface area contributed by atoms with Gasteiger partial charge in [0.05, 0.1) is 7.11 Å². The smallest absolute Gasteiger partial charge is 0.322 e. The maximum absolute atomic E-state index is 12.9. The van der Waals surface area contributed by atoms with Gasteiger partial charge in [-0.2, -0.15) is 0 Å². The van der Waals surface area contributed by atoms with Crippen LogP contribution in [0.4, 0.5) is 17.1 Å². The Morgan fingerprint density at radius 2 is 1.32 bits per heavy atom. The van der Waals surface area contributed by atoms with E-state index in [0.717, 1.165) is 33.9 Å². The summed E-state index contributed by atoms with van der Waals surface area (Å²) in [6.45, 7) is 0. The fraction of sp³-hybridized carbons (Fsp3) is 0.125. The van der Waals surface area contributed by atoms with Crippen molar-refractivity contribution in [1.29, 1.82) is 0 Å². The van der Waals surface area contributed by atoms with E-state index in [1.807, 2.05) is 84.9 Å². The topological polar surface area (TPSA) is 55.8 Å². The summed E-state index contributed by atoms with van der Waals surface area (Å²) in [5.74, 6) is -0.662. The van der Waals surface area contributed by atoms with Crippen molar-refractivity contribution < 1.29 is 19.1 Å². The zero-order valence-electron chi connectivity index (χ0n) is 20.5. The molecule has 0 aromatic heterocycles. The summed E-state index contributed by atoms with van der Waals surface area (Å²) in [5.41, 5.74) is 4.89. The molecule has 184 valence electrons. The first-order valence-corrected chi connectivity index (χ1v) is 12.2. The first-order chi connectivity index (χ1) is 18.1. The minimum absolute atomic E-state index is 0.0976. The number of hydrogen-bond acceptors (Lipinski definition) is 5. The molecule has 4 aromatic rings. The fourth-order valence-corrected chi connectivity index (χ4v) is 4.43. The molecule has 37 heavy (non-hydrogen) atoms. The van der Waals surface area contributed by atoms with Crippen LogP contribution in [0.5, 0.6) is 5.75 Å². The Morgan fingerprint density at radius 1 is 0.757 bits per heavy atom. The SMILES string of the molecule is COc1ccc(CCC2C(=O)O/C(=C/c3ccc(N(c4ccccc4)c4ccccc4)cc3)C2=O)cc1. The van der Waals surface area contributed by atoms with Gasteiger partial charge in [-0.1, -0.05) is 60.7 Å². The lowest BCUT2D eigenvalue weighted by atomic mass is 9.96. The van der Waals surface area contributed by atoms with Crippen LogP contribution in [0.15, 0.2) is 115 Å². The van der Waals surface area contributed by atoms with Crippen molar-refractivity contribution in [2.75, 3.05) is 12.0 Å². The van der Waals surface area contributed by atoms with Crippen LogP contribution < -0.4 is 9.64 Å². The van der Waals surface area contributed by atoms with E-state index in [1.54, 1.807) is 13.2 Å². The van der Waals surface area contributed by atoms with Gasteiger partial charge in [-0.05, 0) is 78.6 Å². The van der Waals surface area contributed by atoms with Gasteiger partial charge in [-0.15, -0.1) is 0 Å². The maximum atomic E-state index is 12.9. The summed E-state index contributed by atoms with van der Waals surface area (Å²) >= 11 is 0. The van der Waals surface area contributed by atoms with Gasteiger partial charge in [0.15, 0.2) is 5.76 Å². The number of carbonyl (C=O) groups excluding carboxylic acids is 2. The van der Waals surface area contributed by atoms with Gasteiger partial charge in [0, 0.05) is 17.1 Å². The Labute approximate surface area is 216 Å². The molecule has 5 nitrogen and oxygen atoms in total. The lowest BCUT2D eigenvalue weighted by Gasteiger charge is -2.25. The van der Waals surface area contributed by atoms with Gasteiger partial charge in [0.25, 0.3) is 0 Å². The second-order valence-electron chi connectivity index (χ2n) is 8.83. The number of Topliss-reactive ketones (excluding diaryl/α,β-unsaturated/α-hetero) is 1. The largest absolute Gasteiger partial charge is 0.497 e. The van der Waals surface area contributed by atoms with E-state index in [1.165, 1.54) is 0 Å². The van der Waals surface area contributed by atoms with E-state index >= 15 is 0 Å². The van der Waals surface area contributed by atoms with Gasteiger partial charge in [0.1, 0.15) is 11.7 Å². The van der Waals surface area contributed by atoms with Crippen LogP contribution in [0.1, 0.15) is 17.5 Å². The Bertz CT molecular complexity index is 1360. The highest BCUT2D eigenvalue weighted by atomic mass is 16.5. The highest BCUT2D eigenvalue weighted by Gasteiger charge is 2.39. The molecule has 0 saturated carbocycles. The highest BCUT2D eigenvalue weighted by Crippen LogP contribution is 2.34. The number of methoxy groups -OCH3 is 1. The molecule has 1 unspecified atom stereocenters. The van der Waals surface area contributed by atoms with Crippen molar-refractivity contribution in [3.8, 4) is 5.75 Å². The van der Waals surface area contributed by atoms with Crippen LogP contribution in [-0.4, -0.2) is 18.9 Å². The monoisotopic (exact) mass is 489 g/mol. The Balaban J connectivity index is 1.32. The molecule has 5 rings (SSSR count). The predicted molar refractivity (Wildman–Crippen MR) is 145 cm³/mol. The first kappa shape index (κ1) is 24.1. The van der Waals surface area contributed by atoms with Gasteiger partial charge < -0.3 is 14.4 Å². The lowest BCUT2D eigenvalue weighted by molar-refractivity contribution is -0.139. The minimum Gasteiger partial charge on any atom is -0.497 e. The molecule has 0 spiro atoms. The summed E-state index contributed by atoms with van der Waals surface area (Å²) in [6.07, 6.45) is 2.66. The van der Waals surface area contributed by atoms with Crippen molar-refractivity contribution >= 4 is 34.9 Å². The number of ether oxygens (including phenoxy) is 2. The number of aryl methyl sites for hydroxylation is 1. The second-order valence-corrected chi connectivity index (χ2v) is 8.83. The molecule has 0 amide bonds. The van der Waals surface area contributed by atoms with Crippen LogP contribution in [-0.2, 0) is 20.7 Å². The number of carbonyl (C=O) groups is 2. The summed E-state index contributed by atoms with van der Waals surface area (Å²) in [5, 5.41) is 0. The molecule has 1 aliphatic rings. The number of ketones is 1. The number of rotatable bonds is 8. The minimum atomic E-state index is -0.778. The highest BCUT2D eigenvalue weighted by molar-refractivity contribution is 6.15. The molecule has 0 bridgehead atoms. The molecule has 0 N–H and O–H groups in total. The third kappa shape index (κ3) is 5.46. The van der Waals surface area contributed by atoms with Crippen molar-refractivity contribution in [2.24, 2.45) is 5.92 Å². The average Bonchev–Trinajstić information content (AvgIpc) is 3.21. The summed E-state index contributed by atoms with van der Waals surface area (Å²) in [4.78, 5) is 27.6. The van der Waals surface area contributed by atoms with Crippen LogP contribution in [0.2, 0.25) is 0 Å². The number of anilines is 3. The zero-order valence-corrected chi connectivity index (χ0v) is 20.5.